The second-order valence-corrected chi connectivity index (χ2v) is 8.72. The Morgan fingerprint density at radius 2 is 1.73 bits per heavy atom. The Hall–Kier alpha value is -1.75. The zero-order valence-corrected chi connectivity index (χ0v) is 18.4. The molecule has 3 fully saturated rings. The molecule has 3 aliphatic heterocycles. The second kappa shape index (κ2) is 12.1. The van der Waals surface area contributed by atoms with E-state index in [-0.39, 0.29) is 11.9 Å². The van der Waals surface area contributed by atoms with E-state index >= 15 is 0 Å². The summed E-state index contributed by atoms with van der Waals surface area (Å²) in [5.41, 5.74) is 1.17. The molecule has 6 nitrogen and oxygen atoms in total. The Morgan fingerprint density at radius 3 is 2.36 bits per heavy atom. The number of hydrogen-bond acceptors (Lipinski definition) is 5. The highest BCUT2D eigenvalue weighted by molar-refractivity contribution is 5.73. The van der Waals surface area contributed by atoms with Crippen molar-refractivity contribution in [1.29, 1.82) is 0 Å². The van der Waals surface area contributed by atoms with Crippen LogP contribution in [0.4, 0.5) is 17.6 Å². The molecule has 3 heterocycles. The van der Waals surface area contributed by atoms with Gasteiger partial charge in [-0.05, 0) is 55.7 Å². The van der Waals surface area contributed by atoms with Gasteiger partial charge in [-0.1, -0.05) is 12.1 Å². The highest BCUT2D eigenvalue weighted by Gasteiger charge is 2.40. The molecule has 1 N–H and O–H groups in total. The SMILES string of the molecule is Fc1ccc(CN2CC[C@H]3O[C@@H](COCC4CCOCC4)CC[C@H]32)cc1.O=C(O)C(F)(F)F. The number of benzene rings is 1. The van der Waals surface area contributed by atoms with E-state index in [1.807, 2.05) is 12.1 Å². The predicted octanol–water partition coefficient (Wildman–Crippen LogP) is 4.02. The van der Waals surface area contributed by atoms with Crippen molar-refractivity contribution in [1.82, 2.24) is 4.90 Å². The lowest BCUT2D eigenvalue weighted by Crippen LogP contribution is -2.43. The Kier molecular flexibility index (Phi) is 9.48. The van der Waals surface area contributed by atoms with Gasteiger partial charge in [-0.15, -0.1) is 0 Å². The molecule has 0 amide bonds. The van der Waals surface area contributed by atoms with E-state index in [9.17, 15) is 17.6 Å². The van der Waals surface area contributed by atoms with Crippen LogP contribution >= 0.6 is 0 Å². The third kappa shape index (κ3) is 8.20. The summed E-state index contributed by atoms with van der Waals surface area (Å²) in [7, 11) is 0. The molecular formula is C23H31F4NO5. The van der Waals surface area contributed by atoms with Crippen LogP contribution in [-0.4, -0.2) is 73.4 Å². The second-order valence-electron chi connectivity index (χ2n) is 8.72. The molecule has 0 aromatic heterocycles. The van der Waals surface area contributed by atoms with Crippen LogP contribution in [0.15, 0.2) is 24.3 Å². The maximum atomic E-state index is 13.1. The Morgan fingerprint density at radius 1 is 1.06 bits per heavy atom. The summed E-state index contributed by atoms with van der Waals surface area (Å²) in [6, 6.07) is 7.36. The molecule has 0 spiro atoms. The molecule has 3 saturated heterocycles. The summed E-state index contributed by atoms with van der Waals surface area (Å²) >= 11 is 0. The van der Waals surface area contributed by atoms with Gasteiger partial charge in [-0.2, -0.15) is 13.2 Å². The maximum absolute atomic E-state index is 13.1. The number of fused-ring (bicyclic) bond motifs is 1. The van der Waals surface area contributed by atoms with Crippen LogP contribution < -0.4 is 0 Å². The Labute approximate surface area is 190 Å². The first kappa shape index (κ1) is 25.9. The lowest BCUT2D eigenvalue weighted by molar-refractivity contribution is -0.192. The molecule has 0 aliphatic carbocycles. The summed E-state index contributed by atoms with van der Waals surface area (Å²) in [4.78, 5) is 11.4. The number of halogens is 4. The van der Waals surface area contributed by atoms with Crippen molar-refractivity contribution in [3.05, 3.63) is 35.6 Å². The third-order valence-electron chi connectivity index (χ3n) is 6.29. The molecule has 0 radical (unpaired) electrons. The standard InChI is InChI=1S/C21H30FNO3.C2HF3O2/c22-18-3-1-16(2-4-18)13-23-10-7-21-20(23)6-5-19(26-21)15-25-14-17-8-11-24-12-9-17;3-2(4,5)1(6)7/h1-4,17,19-21H,5-15H2;(H,6,7)/t19-,20-,21-;/m1./s1. The van der Waals surface area contributed by atoms with E-state index < -0.39 is 12.1 Å². The number of carbonyl (C=O) groups is 1. The number of aliphatic carboxylic acids is 1. The molecule has 186 valence electrons. The van der Waals surface area contributed by atoms with Gasteiger partial charge in [0.2, 0.25) is 0 Å². The maximum Gasteiger partial charge on any atom is 0.490 e. The molecule has 0 bridgehead atoms. The minimum Gasteiger partial charge on any atom is -0.475 e. The number of carboxylic acids is 1. The first-order chi connectivity index (χ1) is 15.7. The van der Waals surface area contributed by atoms with Gasteiger partial charge < -0.3 is 19.3 Å². The Bertz CT molecular complexity index is 739. The van der Waals surface area contributed by atoms with Gasteiger partial charge >= 0.3 is 12.1 Å². The van der Waals surface area contributed by atoms with E-state index in [1.54, 1.807) is 12.1 Å². The van der Waals surface area contributed by atoms with Crippen molar-refractivity contribution in [3.8, 4) is 0 Å². The van der Waals surface area contributed by atoms with E-state index in [4.69, 9.17) is 24.1 Å². The number of hydrogen-bond donors (Lipinski definition) is 1. The van der Waals surface area contributed by atoms with Crippen LogP contribution in [0.5, 0.6) is 0 Å². The molecule has 3 aliphatic rings. The first-order valence-corrected chi connectivity index (χ1v) is 11.3. The van der Waals surface area contributed by atoms with E-state index in [2.05, 4.69) is 4.90 Å². The van der Waals surface area contributed by atoms with Gasteiger partial charge in [0, 0.05) is 39.0 Å². The van der Waals surface area contributed by atoms with Crippen molar-refractivity contribution in [2.75, 3.05) is 33.0 Å². The van der Waals surface area contributed by atoms with Gasteiger partial charge in [-0.25, -0.2) is 9.18 Å². The number of nitrogens with zero attached hydrogens (tertiary/aromatic N) is 1. The van der Waals surface area contributed by atoms with Crippen LogP contribution in [-0.2, 0) is 25.5 Å². The fraction of sp³-hybridized carbons (Fsp3) is 0.696. The van der Waals surface area contributed by atoms with Crippen LogP contribution in [0.3, 0.4) is 0 Å². The first-order valence-electron chi connectivity index (χ1n) is 11.3. The number of rotatable bonds is 6. The average Bonchev–Trinajstić information content (AvgIpc) is 3.18. The smallest absolute Gasteiger partial charge is 0.475 e. The van der Waals surface area contributed by atoms with Crippen molar-refractivity contribution in [2.45, 2.75) is 63.1 Å². The summed E-state index contributed by atoms with van der Waals surface area (Å²) < 4.78 is 62.5. The lowest BCUT2D eigenvalue weighted by atomic mass is 9.99. The molecule has 1 aromatic carbocycles. The Balaban J connectivity index is 0.000000383. The van der Waals surface area contributed by atoms with Crippen LogP contribution in [0.25, 0.3) is 0 Å². The molecule has 4 rings (SSSR count). The summed E-state index contributed by atoms with van der Waals surface area (Å²) in [5, 5.41) is 7.12. The van der Waals surface area contributed by atoms with Crippen molar-refractivity contribution in [3.63, 3.8) is 0 Å². The van der Waals surface area contributed by atoms with Gasteiger partial charge in [0.15, 0.2) is 0 Å². The molecular weight excluding hydrogens is 446 g/mol. The van der Waals surface area contributed by atoms with Gasteiger partial charge in [0.05, 0.1) is 18.8 Å². The summed E-state index contributed by atoms with van der Waals surface area (Å²) in [5.74, 6) is -2.28. The highest BCUT2D eigenvalue weighted by atomic mass is 19.4. The average molecular weight is 477 g/mol. The van der Waals surface area contributed by atoms with Crippen LogP contribution in [0.2, 0.25) is 0 Å². The van der Waals surface area contributed by atoms with Gasteiger partial charge in [-0.3, -0.25) is 4.90 Å². The van der Waals surface area contributed by atoms with Gasteiger partial charge in [0.25, 0.3) is 0 Å². The van der Waals surface area contributed by atoms with Crippen molar-refractivity contribution < 1.29 is 41.7 Å². The monoisotopic (exact) mass is 477 g/mol. The minimum absolute atomic E-state index is 0.169. The summed E-state index contributed by atoms with van der Waals surface area (Å²) in [6.45, 7) is 5.26. The number of carboxylic acid groups (broad SMARTS) is 1. The molecule has 10 heteroatoms. The largest absolute Gasteiger partial charge is 0.490 e. The zero-order valence-electron chi connectivity index (χ0n) is 18.4. The molecule has 0 unspecified atom stereocenters. The zero-order chi connectivity index (χ0) is 23.8. The lowest BCUT2D eigenvalue weighted by Gasteiger charge is -2.36. The van der Waals surface area contributed by atoms with Crippen LogP contribution in [0.1, 0.15) is 37.7 Å². The topological polar surface area (TPSA) is 68.2 Å². The highest BCUT2D eigenvalue weighted by Crippen LogP contribution is 2.32. The molecule has 3 atom stereocenters. The van der Waals surface area contributed by atoms with Crippen molar-refractivity contribution in [2.24, 2.45) is 5.92 Å². The normalized spacial score (nSPS) is 26.4. The minimum atomic E-state index is -5.08. The fourth-order valence-corrected chi connectivity index (χ4v) is 4.51. The van der Waals surface area contributed by atoms with Crippen LogP contribution in [0, 0.1) is 11.7 Å². The summed E-state index contributed by atoms with van der Waals surface area (Å²) in [6.07, 6.45) is 1.03. The quantitative estimate of drug-likeness (QED) is 0.625. The predicted molar refractivity (Wildman–Crippen MR) is 111 cm³/mol. The molecule has 0 saturated carbocycles. The fourth-order valence-electron chi connectivity index (χ4n) is 4.51. The third-order valence-corrected chi connectivity index (χ3v) is 6.29. The van der Waals surface area contributed by atoms with E-state index in [0.29, 0.717) is 18.1 Å². The number of alkyl halides is 3. The van der Waals surface area contributed by atoms with Gasteiger partial charge in [0.1, 0.15) is 5.82 Å². The molecule has 1 aromatic rings. The van der Waals surface area contributed by atoms with Crippen molar-refractivity contribution >= 4 is 5.97 Å². The number of likely N-dealkylation sites (tertiary alicyclic amines) is 1. The number of ether oxygens (including phenoxy) is 3. The molecule has 33 heavy (non-hydrogen) atoms. The van der Waals surface area contributed by atoms with E-state index in [0.717, 1.165) is 71.6 Å². The van der Waals surface area contributed by atoms with E-state index in [1.165, 1.54) is 5.56 Å².